The van der Waals surface area contributed by atoms with Gasteiger partial charge in [-0.3, -0.25) is 0 Å². The number of hydrogen-bond donors (Lipinski definition) is 0. The van der Waals surface area contributed by atoms with Gasteiger partial charge < -0.3 is 9.13 Å². The molecule has 0 aliphatic rings. The van der Waals surface area contributed by atoms with Crippen LogP contribution in [0.5, 0.6) is 0 Å². The fourth-order valence-corrected chi connectivity index (χ4v) is 16.9. The highest BCUT2D eigenvalue weighted by molar-refractivity contribution is 6.14. The summed E-state index contributed by atoms with van der Waals surface area (Å²) >= 11 is 0. The standard InChI is InChI=1S/C112H68N18/c1-113-92-58-57-85(129-93-59-52-81(109-121-100(72-36-16-4-17-37-72)115-101(122-109)73-38-18-5-19-39-73)65-88(93)89-66-82(53-60-94(89)129)110-123-102(74-40-20-6-21-41-74)116-103(124-110)75-42-22-7-23-43-75)69-86(92)87-64-80(108-119-98(70-32-12-2-13-33-70)114-99(120-108)71-34-14-3-15-35-71)54-61-95(87)130-96-62-55-83(111-125-104(76-44-24-8-25-45-76)117-105(126-111)77-46-26-9-27-47-77)67-90(96)91-68-84(56-63-97(91)130)112-127-106(78-48-28-10-29-49-78)118-107(128-112)79-50-30-11-31-51-79/h2-69H. The van der Waals surface area contributed by atoms with E-state index in [-0.39, 0.29) is 0 Å². The molecule has 0 radical (unpaired) electrons. The highest BCUT2D eigenvalue weighted by Crippen LogP contribution is 2.47. The van der Waals surface area contributed by atoms with Crippen LogP contribution in [-0.4, -0.2) is 83.9 Å². The highest BCUT2D eigenvalue weighted by Gasteiger charge is 2.27. The minimum atomic E-state index is 0.386. The lowest BCUT2D eigenvalue weighted by Crippen LogP contribution is -2.03. The minimum absolute atomic E-state index is 0.386. The monoisotopic (exact) mass is 1660 g/mol. The van der Waals surface area contributed by atoms with Gasteiger partial charge in [-0.1, -0.05) is 309 Å². The number of rotatable bonds is 18. The minimum Gasteiger partial charge on any atom is -0.309 e. The Hall–Kier alpha value is -18.3. The average molecular weight is 1670 g/mol. The van der Waals surface area contributed by atoms with Crippen molar-refractivity contribution in [2.75, 3.05) is 0 Å². The van der Waals surface area contributed by atoms with Crippen molar-refractivity contribution < 1.29 is 0 Å². The number of fused-ring (bicyclic) bond motifs is 6. The molecule has 0 unspecified atom stereocenters. The Bertz CT molecular complexity index is 7660. The van der Waals surface area contributed by atoms with Gasteiger partial charge in [-0.2, -0.15) is 0 Å². The predicted octanol–water partition coefficient (Wildman–Crippen LogP) is 26.0. The number of hydrogen-bond acceptors (Lipinski definition) is 15. The SMILES string of the molecule is [C-]#[N+]c1ccc(-n2c3ccc(-c4nc(-c5ccccc5)nc(-c5ccccc5)n4)cc3c3cc(-c4nc(-c5ccccc5)nc(-c5ccccc5)n4)ccc32)cc1-c1cc(-c2nc(-c3ccccc3)nc(-c3ccccc3)n2)ccc1-n1c2ccc(-c3nc(-c4ccccc4)nc(-c4ccccc4)n3)cc2c2cc(-c3nc(-c4ccccc4)nc(-c4ccccc4)n3)ccc21. The maximum atomic E-state index is 9.41. The first-order valence-corrected chi connectivity index (χ1v) is 42.5. The lowest BCUT2D eigenvalue weighted by atomic mass is 9.97. The first-order chi connectivity index (χ1) is 64.3. The van der Waals surface area contributed by atoms with Gasteiger partial charge in [0, 0.05) is 111 Å². The second-order valence-electron chi connectivity index (χ2n) is 31.3. The van der Waals surface area contributed by atoms with Gasteiger partial charge in [0.05, 0.1) is 34.3 Å². The zero-order valence-electron chi connectivity index (χ0n) is 69.3. The molecule has 18 heteroatoms. The zero-order chi connectivity index (χ0) is 86.4. The zero-order valence-corrected chi connectivity index (χ0v) is 69.3. The highest BCUT2D eigenvalue weighted by atomic mass is 15.1. The van der Waals surface area contributed by atoms with E-state index in [0.717, 1.165) is 133 Å². The lowest BCUT2D eigenvalue weighted by molar-refractivity contribution is 1.07. The van der Waals surface area contributed by atoms with Gasteiger partial charge in [-0.05, 0) is 114 Å². The summed E-state index contributed by atoms with van der Waals surface area (Å²) in [6.07, 6.45) is 0. The molecule has 0 saturated carbocycles. The Balaban J connectivity index is 0.777. The summed E-state index contributed by atoms with van der Waals surface area (Å²) in [4.78, 5) is 83.0. The van der Waals surface area contributed by atoms with Crippen LogP contribution in [0.25, 0.3) is 242 Å². The van der Waals surface area contributed by atoms with Crippen molar-refractivity contribution in [1.82, 2.24) is 83.9 Å². The quantitative estimate of drug-likeness (QED) is 0.0732. The molecule has 23 rings (SSSR count). The van der Waals surface area contributed by atoms with E-state index in [2.05, 4.69) is 111 Å². The molecule has 18 nitrogen and oxygen atoms in total. The summed E-state index contributed by atoms with van der Waals surface area (Å²) in [7, 11) is 0. The van der Waals surface area contributed by atoms with Gasteiger partial charge >= 0.3 is 0 Å². The van der Waals surface area contributed by atoms with Crippen molar-refractivity contribution in [3.63, 3.8) is 0 Å². The normalized spacial score (nSPS) is 11.4. The van der Waals surface area contributed by atoms with E-state index in [1.165, 1.54) is 0 Å². The number of aromatic nitrogens is 17. The molecule has 0 spiro atoms. The summed E-state index contributed by atoms with van der Waals surface area (Å²) in [6.45, 7) is 9.41. The summed E-state index contributed by atoms with van der Waals surface area (Å²) in [5, 5.41) is 3.49. The molecule has 0 saturated heterocycles. The molecule has 16 aromatic carbocycles. The molecule has 130 heavy (non-hydrogen) atoms. The van der Waals surface area contributed by atoms with Gasteiger partial charge in [0.15, 0.2) is 93.1 Å². The molecular formula is C112H68N18. The Morgan fingerprint density at radius 3 is 0.569 bits per heavy atom. The van der Waals surface area contributed by atoms with E-state index in [1.807, 2.05) is 315 Å². The van der Waals surface area contributed by atoms with Gasteiger partial charge in [-0.25, -0.2) is 79.6 Å². The summed E-state index contributed by atoms with van der Waals surface area (Å²) in [5.41, 5.74) is 18.7. The second kappa shape index (κ2) is 33.0. The molecular weight excluding hydrogens is 1600 g/mol. The number of nitrogens with zero attached hydrogens (tertiary/aromatic N) is 18. The molecule has 7 aromatic heterocycles. The maximum Gasteiger partial charge on any atom is 0.195 e. The van der Waals surface area contributed by atoms with Gasteiger partial charge in [0.25, 0.3) is 0 Å². The van der Waals surface area contributed by atoms with E-state index < -0.39 is 0 Å². The molecule has 0 bridgehead atoms. The summed E-state index contributed by atoms with van der Waals surface area (Å²) in [5.74, 6) is 7.59. The molecule has 7 heterocycles. The van der Waals surface area contributed by atoms with Crippen molar-refractivity contribution in [1.29, 1.82) is 0 Å². The first kappa shape index (κ1) is 76.5. The predicted molar refractivity (Wildman–Crippen MR) is 515 cm³/mol. The Labute approximate surface area is 745 Å². The lowest BCUT2D eigenvalue weighted by Gasteiger charge is -2.19. The largest absolute Gasteiger partial charge is 0.309 e. The van der Waals surface area contributed by atoms with Crippen LogP contribution in [0.15, 0.2) is 413 Å². The van der Waals surface area contributed by atoms with E-state index in [0.29, 0.717) is 110 Å². The molecule has 0 amide bonds. The molecule has 0 aliphatic carbocycles. The summed E-state index contributed by atoms with van der Waals surface area (Å²) < 4.78 is 4.56. The van der Waals surface area contributed by atoms with Crippen molar-refractivity contribution in [3.8, 4) is 193 Å². The van der Waals surface area contributed by atoms with Gasteiger partial charge in [-0.15, -0.1) is 0 Å². The fraction of sp³-hybridized carbons (Fsp3) is 0. The van der Waals surface area contributed by atoms with Crippen molar-refractivity contribution in [3.05, 3.63) is 424 Å². The Kier molecular flexibility index (Phi) is 19.5. The smallest absolute Gasteiger partial charge is 0.195 e. The third-order valence-electron chi connectivity index (χ3n) is 23.2. The van der Waals surface area contributed by atoms with E-state index >= 15 is 0 Å². The van der Waals surface area contributed by atoms with Crippen LogP contribution in [0.4, 0.5) is 5.69 Å². The topological polar surface area (TPSA) is 208 Å². The third kappa shape index (κ3) is 14.6. The number of benzene rings is 16. The van der Waals surface area contributed by atoms with Crippen LogP contribution in [0.3, 0.4) is 0 Å². The molecule has 23 aromatic rings. The van der Waals surface area contributed by atoms with Crippen LogP contribution >= 0.6 is 0 Å². The van der Waals surface area contributed by atoms with Crippen molar-refractivity contribution >= 4 is 49.3 Å². The molecule has 0 N–H and O–H groups in total. The van der Waals surface area contributed by atoms with E-state index in [4.69, 9.17) is 74.8 Å². The van der Waals surface area contributed by atoms with Gasteiger partial charge in [0.2, 0.25) is 0 Å². The molecule has 0 fully saturated rings. The fourth-order valence-electron chi connectivity index (χ4n) is 16.9. The van der Waals surface area contributed by atoms with Crippen LogP contribution in [0.1, 0.15) is 0 Å². The van der Waals surface area contributed by atoms with Crippen LogP contribution in [0.2, 0.25) is 0 Å². The van der Waals surface area contributed by atoms with Crippen LogP contribution in [-0.2, 0) is 0 Å². The molecule has 0 aliphatic heterocycles. The van der Waals surface area contributed by atoms with E-state index in [1.54, 1.807) is 0 Å². The second-order valence-corrected chi connectivity index (χ2v) is 31.3. The van der Waals surface area contributed by atoms with E-state index in [9.17, 15) is 6.57 Å². The third-order valence-corrected chi connectivity index (χ3v) is 23.2. The maximum absolute atomic E-state index is 9.41. The Morgan fingerprint density at radius 1 is 0.162 bits per heavy atom. The van der Waals surface area contributed by atoms with Crippen LogP contribution < -0.4 is 0 Å². The first-order valence-electron chi connectivity index (χ1n) is 42.5. The summed E-state index contributed by atoms with van der Waals surface area (Å²) in [6, 6.07) is 138. The van der Waals surface area contributed by atoms with Crippen molar-refractivity contribution in [2.24, 2.45) is 0 Å². The molecule has 606 valence electrons. The Morgan fingerprint density at radius 2 is 0.354 bits per heavy atom. The average Bonchev–Trinajstić information content (AvgIpc) is 1.57. The van der Waals surface area contributed by atoms with Crippen LogP contribution in [0, 0.1) is 6.57 Å². The van der Waals surface area contributed by atoms with Gasteiger partial charge in [0.1, 0.15) is 0 Å². The van der Waals surface area contributed by atoms with Crippen molar-refractivity contribution in [2.45, 2.75) is 0 Å². The molecule has 0 atom stereocenters.